The van der Waals surface area contributed by atoms with Crippen molar-refractivity contribution in [3.63, 3.8) is 0 Å². The van der Waals surface area contributed by atoms with Crippen LogP contribution in [0.4, 0.5) is 5.82 Å². The molecule has 0 saturated heterocycles. The Balaban J connectivity index is 1.68. The lowest BCUT2D eigenvalue weighted by molar-refractivity contribution is -0.116. The van der Waals surface area contributed by atoms with Crippen LogP contribution in [-0.4, -0.2) is 22.8 Å². The molecular formula is C20H19N3O2. The number of nitrogens with zero attached hydrogens (tertiary/aromatic N) is 2. The van der Waals surface area contributed by atoms with Gasteiger partial charge in [0, 0.05) is 17.9 Å². The van der Waals surface area contributed by atoms with Gasteiger partial charge < -0.3 is 10.1 Å². The third-order valence-electron chi connectivity index (χ3n) is 4.58. The van der Waals surface area contributed by atoms with E-state index in [1.807, 2.05) is 53.3 Å². The molecule has 0 bridgehead atoms. The molecule has 0 aliphatic carbocycles. The predicted molar refractivity (Wildman–Crippen MR) is 95.9 cm³/mol. The van der Waals surface area contributed by atoms with E-state index in [1.165, 1.54) is 0 Å². The lowest BCUT2D eigenvalue weighted by atomic mass is 9.87. The molecule has 0 fully saturated rings. The Morgan fingerprint density at radius 2 is 1.92 bits per heavy atom. The fourth-order valence-electron chi connectivity index (χ4n) is 3.28. The Hall–Kier alpha value is -3.08. The number of ether oxygens (including phenoxy) is 1. The van der Waals surface area contributed by atoms with Crippen molar-refractivity contribution in [2.24, 2.45) is 0 Å². The van der Waals surface area contributed by atoms with Crippen molar-refractivity contribution in [1.82, 2.24) is 9.78 Å². The third-order valence-corrected chi connectivity index (χ3v) is 4.58. The number of aromatic nitrogens is 2. The predicted octanol–water partition coefficient (Wildman–Crippen LogP) is 3.41. The van der Waals surface area contributed by atoms with Gasteiger partial charge in [-0.1, -0.05) is 42.5 Å². The minimum Gasteiger partial charge on any atom is -0.497 e. The van der Waals surface area contributed by atoms with Crippen LogP contribution in [0.2, 0.25) is 0 Å². The van der Waals surface area contributed by atoms with Crippen LogP contribution in [0.5, 0.6) is 5.75 Å². The summed E-state index contributed by atoms with van der Waals surface area (Å²) in [6, 6.07) is 18.0. The van der Waals surface area contributed by atoms with Crippen molar-refractivity contribution in [2.75, 3.05) is 12.4 Å². The Kier molecular flexibility index (Phi) is 3.98. The monoisotopic (exact) mass is 333 g/mol. The Morgan fingerprint density at radius 3 is 2.64 bits per heavy atom. The molecule has 126 valence electrons. The minimum atomic E-state index is 0.0131. The second-order valence-electron chi connectivity index (χ2n) is 6.17. The van der Waals surface area contributed by atoms with E-state index in [0.29, 0.717) is 13.0 Å². The quantitative estimate of drug-likeness (QED) is 0.796. The minimum absolute atomic E-state index is 0.0131. The fourth-order valence-corrected chi connectivity index (χ4v) is 3.28. The van der Waals surface area contributed by atoms with Gasteiger partial charge in [0.25, 0.3) is 0 Å². The van der Waals surface area contributed by atoms with E-state index >= 15 is 0 Å². The van der Waals surface area contributed by atoms with Gasteiger partial charge in [0.2, 0.25) is 5.91 Å². The number of methoxy groups -OCH3 is 1. The van der Waals surface area contributed by atoms with E-state index in [-0.39, 0.29) is 11.8 Å². The maximum Gasteiger partial charge on any atom is 0.226 e. The standard InChI is InChI=1S/C20H19N3O2/c1-25-16-9-7-15(8-10-16)17-11-19(24)22-20-18(17)12-21-23(20)13-14-5-3-2-4-6-14/h2-10,12,17H,11,13H2,1H3,(H,22,24). The lowest BCUT2D eigenvalue weighted by Crippen LogP contribution is -2.25. The summed E-state index contributed by atoms with van der Waals surface area (Å²) in [4.78, 5) is 12.3. The van der Waals surface area contributed by atoms with Crippen molar-refractivity contribution in [2.45, 2.75) is 18.9 Å². The second kappa shape index (κ2) is 6.43. The molecule has 1 N–H and O–H groups in total. The van der Waals surface area contributed by atoms with E-state index in [4.69, 9.17) is 4.74 Å². The molecule has 2 aromatic carbocycles. The highest BCUT2D eigenvalue weighted by atomic mass is 16.5. The first kappa shape index (κ1) is 15.4. The Morgan fingerprint density at radius 1 is 1.16 bits per heavy atom. The van der Waals surface area contributed by atoms with Gasteiger partial charge in [-0.15, -0.1) is 0 Å². The van der Waals surface area contributed by atoms with Crippen LogP contribution in [0.1, 0.15) is 29.0 Å². The maximum atomic E-state index is 12.3. The molecule has 1 unspecified atom stereocenters. The van der Waals surface area contributed by atoms with E-state index in [1.54, 1.807) is 7.11 Å². The number of fused-ring (bicyclic) bond motifs is 1. The van der Waals surface area contributed by atoms with Crippen LogP contribution in [0.3, 0.4) is 0 Å². The molecule has 0 radical (unpaired) electrons. The van der Waals surface area contributed by atoms with Gasteiger partial charge in [0.05, 0.1) is 19.9 Å². The molecule has 4 rings (SSSR count). The molecule has 1 amide bonds. The molecule has 1 aliphatic rings. The number of amides is 1. The van der Waals surface area contributed by atoms with Crippen LogP contribution in [-0.2, 0) is 11.3 Å². The molecule has 1 aliphatic heterocycles. The average Bonchev–Trinajstić information content (AvgIpc) is 3.04. The number of hydrogen-bond donors (Lipinski definition) is 1. The number of rotatable bonds is 4. The molecule has 1 aromatic heterocycles. The largest absolute Gasteiger partial charge is 0.497 e. The van der Waals surface area contributed by atoms with Crippen LogP contribution >= 0.6 is 0 Å². The summed E-state index contributed by atoms with van der Waals surface area (Å²) in [5, 5.41) is 7.50. The maximum absolute atomic E-state index is 12.3. The van der Waals surface area contributed by atoms with Gasteiger partial charge in [-0.3, -0.25) is 4.79 Å². The summed E-state index contributed by atoms with van der Waals surface area (Å²) in [5.41, 5.74) is 3.30. The zero-order chi connectivity index (χ0) is 17.2. The average molecular weight is 333 g/mol. The van der Waals surface area contributed by atoms with E-state index < -0.39 is 0 Å². The highest BCUT2D eigenvalue weighted by molar-refractivity contribution is 5.94. The van der Waals surface area contributed by atoms with Crippen LogP contribution in [0.25, 0.3) is 0 Å². The van der Waals surface area contributed by atoms with Crippen LogP contribution < -0.4 is 10.1 Å². The lowest BCUT2D eigenvalue weighted by Gasteiger charge is -2.24. The first-order valence-corrected chi connectivity index (χ1v) is 8.28. The summed E-state index contributed by atoms with van der Waals surface area (Å²) < 4.78 is 7.08. The van der Waals surface area contributed by atoms with E-state index in [2.05, 4.69) is 22.5 Å². The summed E-state index contributed by atoms with van der Waals surface area (Å²) in [5.74, 6) is 1.63. The van der Waals surface area contributed by atoms with Gasteiger partial charge >= 0.3 is 0 Å². The Bertz CT molecular complexity index is 885. The summed E-state index contributed by atoms with van der Waals surface area (Å²) in [7, 11) is 1.65. The third kappa shape index (κ3) is 3.01. The summed E-state index contributed by atoms with van der Waals surface area (Å²) >= 11 is 0. The molecule has 2 heterocycles. The molecular weight excluding hydrogens is 314 g/mol. The number of carbonyl (C=O) groups excluding carboxylic acids is 1. The Labute approximate surface area is 146 Å². The summed E-state index contributed by atoms with van der Waals surface area (Å²) in [6.07, 6.45) is 2.29. The zero-order valence-electron chi connectivity index (χ0n) is 14.0. The van der Waals surface area contributed by atoms with Gasteiger partial charge in [-0.2, -0.15) is 5.10 Å². The first-order valence-electron chi connectivity index (χ1n) is 8.28. The molecule has 0 saturated carbocycles. The van der Waals surface area contributed by atoms with Crippen molar-refractivity contribution in [1.29, 1.82) is 0 Å². The van der Waals surface area contributed by atoms with Crippen molar-refractivity contribution >= 4 is 11.7 Å². The summed E-state index contributed by atoms with van der Waals surface area (Å²) in [6.45, 7) is 0.631. The smallest absolute Gasteiger partial charge is 0.226 e. The highest BCUT2D eigenvalue weighted by Gasteiger charge is 2.29. The molecule has 3 aromatic rings. The van der Waals surface area contributed by atoms with Crippen molar-refractivity contribution in [3.8, 4) is 5.75 Å². The number of anilines is 1. The number of nitrogens with one attached hydrogen (secondary N) is 1. The molecule has 5 heteroatoms. The normalized spacial score (nSPS) is 16.2. The molecule has 1 atom stereocenters. The molecule has 5 nitrogen and oxygen atoms in total. The van der Waals surface area contributed by atoms with Crippen molar-refractivity contribution < 1.29 is 9.53 Å². The second-order valence-corrected chi connectivity index (χ2v) is 6.17. The van der Waals surface area contributed by atoms with Crippen LogP contribution in [0.15, 0.2) is 60.8 Å². The van der Waals surface area contributed by atoms with Gasteiger partial charge in [-0.05, 0) is 23.3 Å². The number of carbonyl (C=O) groups is 1. The zero-order valence-corrected chi connectivity index (χ0v) is 14.0. The van der Waals surface area contributed by atoms with E-state index in [9.17, 15) is 4.79 Å². The van der Waals surface area contributed by atoms with Gasteiger partial charge in [0.15, 0.2) is 0 Å². The highest BCUT2D eigenvalue weighted by Crippen LogP contribution is 2.37. The fraction of sp³-hybridized carbons (Fsp3) is 0.200. The van der Waals surface area contributed by atoms with Gasteiger partial charge in [0.1, 0.15) is 11.6 Å². The van der Waals surface area contributed by atoms with Crippen molar-refractivity contribution in [3.05, 3.63) is 77.5 Å². The first-order chi connectivity index (χ1) is 12.2. The number of hydrogen-bond acceptors (Lipinski definition) is 3. The van der Waals surface area contributed by atoms with Crippen LogP contribution in [0, 0.1) is 0 Å². The SMILES string of the molecule is COc1ccc(C2CC(=O)Nc3c2cnn3Cc2ccccc2)cc1. The van der Waals surface area contributed by atoms with E-state index in [0.717, 1.165) is 28.3 Å². The van der Waals surface area contributed by atoms with Gasteiger partial charge in [-0.25, -0.2) is 4.68 Å². The molecule has 25 heavy (non-hydrogen) atoms. The number of benzene rings is 2. The molecule has 0 spiro atoms. The topological polar surface area (TPSA) is 56.1 Å².